The summed E-state index contributed by atoms with van der Waals surface area (Å²) >= 11 is 9.38. The molecule has 0 fully saturated rings. The molecular formula is C15H17ClN2O2S3. The minimum absolute atomic E-state index is 0.588. The van der Waals surface area contributed by atoms with Gasteiger partial charge in [-0.05, 0) is 30.0 Å². The van der Waals surface area contributed by atoms with E-state index in [-0.39, 0.29) is 0 Å². The highest BCUT2D eigenvalue weighted by Crippen LogP contribution is 2.25. The Kier molecular flexibility index (Phi) is 6.52. The predicted octanol–water partition coefficient (Wildman–Crippen LogP) is 3.96. The van der Waals surface area contributed by atoms with E-state index in [2.05, 4.69) is 22.9 Å². The molecule has 0 amide bonds. The van der Waals surface area contributed by atoms with E-state index >= 15 is 0 Å². The van der Waals surface area contributed by atoms with Gasteiger partial charge in [0.15, 0.2) is 0 Å². The molecule has 1 aromatic carbocycles. The lowest BCUT2D eigenvalue weighted by atomic mass is 10.1. The molecule has 4 nitrogen and oxygen atoms in total. The third kappa shape index (κ3) is 5.84. The first-order valence-electron chi connectivity index (χ1n) is 6.86. The van der Waals surface area contributed by atoms with Crippen molar-refractivity contribution in [3.05, 3.63) is 56.7 Å². The van der Waals surface area contributed by atoms with Gasteiger partial charge in [0.05, 0.1) is 11.1 Å². The maximum Gasteiger partial charge on any atom is 0.244 e. The zero-order chi connectivity index (χ0) is 16.9. The summed E-state index contributed by atoms with van der Waals surface area (Å²) in [7, 11) is -3.41. The number of nitrogens with one attached hydrogen (secondary N) is 1. The number of thioether (sulfide) groups is 1. The first-order valence-corrected chi connectivity index (χ1v) is 11.1. The molecule has 1 aromatic heterocycles. The van der Waals surface area contributed by atoms with Crippen molar-refractivity contribution in [2.75, 3.05) is 12.0 Å². The van der Waals surface area contributed by atoms with E-state index in [1.807, 2.05) is 30.0 Å². The molecule has 124 valence electrons. The van der Waals surface area contributed by atoms with Crippen LogP contribution in [0, 0.1) is 0 Å². The van der Waals surface area contributed by atoms with Crippen LogP contribution in [0.15, 0.2) is 41.5 Å². The van der Waals surface area contributed by atoms with Gasteiger partial charge in [-0.3, -0.25) is 0 Å². The van der Waals surface area contributed by atoms with Crippen LogP contribution >= 0.6 is 34.7 Å². The lowest BCUT2D eigenvalue weighted by Gasteiger charge is -2.06. The Hall–Kier alpha value is -1.02. The van der Waals surface area contributed by atoms with E-state index in [1.54, 1.807) is 23.5 Å². The molecule has 1 N–H and O–H groups in total. The molecule has 0 aliphatic carbocycles. The summed E-state index contributed by atoms with van der Waals surface area (Å²) in [6, 6.07) is 11.2. The predicted molar refractivity (Wildman–Crippen MR) is 101 cm³/mol. The van der Waals surface area contributed by atoms with Crippen LogP contribution in [0.25, 0.3) is 0 Å². The molecule has 0 radical (unpaired) electrons. The molecule has 0 unspecified atom stereocenters. The Labute approximate surface area is 150 Å². The number of hydrazone groups is 1. The third-order valence-electron chi connectivity index (χ3n) is 2.78. The second-order valence-electron chi connectivity index (χ2n) is 4.73. The number of hydrogen-bond donors (Lipinski definition) is 1. The molecule has 8 heteroatoms. The molecule has 0 saturated carbocycles. The van der Waals surface area contributed by atoms with Gasteiger partial charge >= 0.3 is 0 Å². The van der Waals surface area contributed by atoms with E-state index in [0.29, 0.717) is 10.7 Å². The van der Waals surface area contributed by atoms with Gasteiger partial charge < -0.3 is 0 Å². The fourth-order valence-corrected chi connectivity index (χ4v) is 3.97. The van der Waals surface area contributed by atoms with Gasteiger partial charge in [0.2, 0.25) is 10.0 Å². The van der Waals surface area contributed by atoms with Crippen molar-refractivity contribution in [2.45, 2.75) is 12.7 Å². The van der Waals surface area contributed by atoms with Crippen molar-refractivity contribution in [3.63, 3.8) is 0 Å². The third-order valence-corrected chi connectivity index (χ3v) is 5.66. The van der Waals surface area contributed by atoms with Gasteiger partial charge in [-0.15, -0.1) is 11.3 Å². The highest BCUT2D eigenvalue weighted by Gasteiger charge is 2.12. The second kappa shape index (κ2) is 8.19. The molecular weight excluding hydrogens is 372 g/mol. The fraction of sp³-hybridized carbons (Fsp3) is 0.267. The number of rotatable bonds is 7. The van der Waals surface area contributed by atoms with Crippen LogP contribution < -0.4 is 4.83 Å². The van der Waals surface area contributed by atoms with Crippen molar-refractivity contribution < 1.29 is 8.42 Å². The minimum atomic E-state index is -3.41. The zero-order valence-electron chi connectivity index (χ0n) is 12.7. The van der Waals surface area contributed by atoms with E-state index < -0.39 is 10.0 Å². The topological polar surface area (TPSA) is 58.5 Å². The molecule has 0 aliphatic heterocycles. The molecule has 23 heavy (non-hydrogen) atoms. The molecule has 0 saturated heterocycles. The van der Waals surface area contributed by atoms with Crippen molar-refractivity contribution >= 4 is 50.4 Å². The molecule has 1 heterocycles. The fourth-order valence-electron chi connectivity index (χ4n) is 1.78. The first-order chi connectivity index (χ1) is 10.9. The normalized spacial score (nSPS) is 12.4. The molecule has 2 rings (SSSR count). The summed E-state index contributed by atoms with van der Waals surface area (Å²) in [5.41, 5.74) is 1.40. The molecule has 2 aromatic rings. The quantitative estimate of drug-likeness (QED) is 0.577. The molecule has 0 bridgehead atoms. The summed E-state index contributed by atoms with van der Waals surface area (Å²) in [6.07, 6.45) is 1.08. The standard InChI is InChI=1S/C15H17ClN2O2S3/c1-3-21-10-13-8-9-14(22-13)15(17-18-23(2,19)20)11-4-6-12(16)7-5-11/h4-9,18H,3,10H2,1-2H3. The highest BCUT2D eigenvalue weighted by molar-refractivity contribution is 7.98. The monoisotopic (exact) mass is 388 g/mol. The second-order valence-corrected chi connectivity index (χ2v) is 9.34. The smallest absolute Gasteiger partial charge is 0.206 e. The summed E-state index contributed by atoms with van der Waals surface area (Å²) in [5, 5.41) is 4.72. The summed E-state index contributed by atoms with van der Waals surface area (Å²) in [6.45, 7) is 2.12. The summed E-state index contributed by atoms with van der Waals surface area (Å²) in [5.74, 6) is 2.00. The van der Waals surface area contributed by atoms with Gasteiger partial charge in [-0.2, -0.15) is 16.9 Å². The van der Waals surface area contributed by atoms with Crippen LogP contribution in [-0.4, -0.2) is 26.1 Å². The van der Waals surface area contributed by atoms with Gasteiger partial charge in [-0.1, -0.05) is 30.7 Å². The average Bonchev–Trinajstić information content (AvgIpc) is 2.94. The van der Waals surface area contributed by atoms with Crippen LogP contribution in [-0.2, 0) is 15.8 Å². The maximum atomic E-state index is 11.4. The molecule has 0 aliphatic rings. The van der Waals surface area contributed by atoms with Crippen molar-refractivity contribution in [1.29, 1.82) is 0 Å². The maximum absolute atomic E-state index is 11.4. The van der Waals surface area contributed by atoms with Crippen LogP contribution in [0.3, 0.4) is 0 Å². The number of benzene rings is 1. The Morgan fingerprint density at radius 2 is 1.96 bits per heavy atom. The van der Waals surface area contributed by atoms with E-state index in [4.69, 9.17) is 11.6 Å². The van der Waals surface area contributed by atoms with Crippen LogP contribution in [0.2, 0.25) is 5.02 Å². The zero-order valence-corrected chi connectivity index (χ0v) is 16.0. The lowest BCUT2D eigenvalue weighted by Crippen LogP contribution is -2.18. The SMILES string of the molecule is CCSCc1ccc(C(=NNS(C)(=O)=O)c2ccc(Cl)cc2)s1. The lowest BCUT2D eigenvalue weighted by molar-refractivity contribution is 0.590. The number of hydrogen-bond acceptors (Lipinski definition) is 5. The van der Waals surface area contributed by atoms with E-state index in [0.717, 1.165) is 28.2 Å². The van der Waals surface area contributed by atoms with E-state index in [9.17, 15) is 8.42 Å². The van der Waals surface area contributed by atoms with Crippen LogP contribution in [0.4, 0.5) is 0 Å². The van der Waals surface area contributed by atoms with Crippen LogP contribution in [0.1, 0.15) is 22.2 Å². The number of thiophene rings is 1. The number of sulfonamides is 1. The highest BCUT2D eigenvalue weighted by atomic mass is 35.5. The van der Waals surface area contributed by atoms with Crippen molar-refractivity contribution in [2.24, 2.45) is 5.10 Å². The number of nitrogens with zero attached hydrogens (tertiary/aromatic N) is 1. The molecule has 0 spiro atoms. The van der Waals surface area contributed by atoms with Gasteiger partial charge in [-0.25, -0.2) is 13.2 Å². The van der Waals surface area contributed by atoms with E-state index in [1.165, 1.54) is 4.88 Å². The minimum Gasteiger partial charge on any atom is -0.206 e. The van der Waals surface area contributed by atoms with Gasteiger partial charge in [0, 0.05) is 21.2 Å². The Balaban J connectivity index is 2.36. The Morgan fingerprint density at radius 3 is 2.57 bits per heavy atom. The summed E-state index contributed by atoms with van der Waals surface area (Å²) in [4.78, 5) is 4.36. The van der Waals surface area contributed by atoms with Crippen molar-refractivity contribution in [1.82, 2.24) is 4.83 Å². The number of halogens is 1. The summed E-state index contributed by atoms with van der Waals surface area (Å²) < 4.78 is 22.7. The Morgan fingerprint density at radius 1 is 1.26 bits per heavy atom. The Bertz CT molecular complexity index is 783. The molecule has 0 atom stereocenters. The van der Waals surface area contributed by atoms with Crippen molar-refractivity contribution in [3.8, 4) is 0 Å². The van der Waals surface area contributed by atoms with Gasteiger partial charge in [0.25, 0.3) is 0 Å². The average molecular weight is 389 g/mol. The first kappa shape index (κ1) is 18.3. The van der Waals surface area contributed by atoms with Crippen LogP contribution in [0.5, 0.6) is 0 Å². The largest absolute Gasteiger partial charge is 0.244 e. The van der Waals surface area contributed by atoms with Gasteiger partial charge in [0.1, 0.15) is 5.71 Å².